The molecule has 0 aromatic heterocycles. The van der Waals surface area contributed by atoms with Crippen LogP contribution in [0.4, 0.5) is 0 Å². The van der Waals surface area contributed by atoms with E-state index in [1.54, 1.807) is 20.9 Å². The first kappa shape index (κ1) is 13.7. The minimum absolute atomic E-state index is 0.102. The Morgan fingerprint density at radius 3 is 2.53 bits per heavy atom. The molecule has 0 aromatic carbocycles. The molecule has 1 amide bonds. The van der Waals surface area contributed by atoms with Crippen LogP contribution in [0.3, 0.4) is 0 Å². The van der Waals surface area contributed by atoms with E-state index in [0.717, 1.165) is 0 Å². The van der Waals surface area contributed by atoms with E-state index < -0.39 is 5.60 Å². The molecule has 0 aliphatic rings. The number of hydrogen-bond donors (Lipinski definition) is 2. The number of carbonyl (C=O) groups excluding carboxylic acids is 1. The summed E-state index contributed by atoms with van der Waals surface area (Å²) in [7, 11) is 3.13. The molecule has 0 bridgehead atoms. The van der Waals surface area contributed by atoms with Crippen LogP contribution < -0.4 is 5.73 Å². The van der Waals surface area contributed by atoms with Gasteiger partial charge in [0.2, 0.25) is 0 Å². The highest BCUT2D eigenvalue weighted by molar-refractivity contribution is 5.85. The summed E-state index contributed by atoms with van der Waals surface area (Å²) in [6.45, 7) is 3.77. The summed E-state index contributed by atoms with van der Waals surface area (Å²) in [5.74, 6) is -0.0411. The van der Waals surface area contributed by atoms with E-state index in [1.165, 1.54) is 12.0 Å². The predicted octanol–water partition coefficient (Wildman–Crippen LogP) is 0.00630. The van der Waals surface area contributed by atoms with Crippen LogP contribution in [0.2, 0.25) is 0 Å². The fraction of sp³-hybridized carbons (Fsp3) is 0.778. The maximum absolute atomic E-state index is 11.8. The Labute approximate surface area is 89.7 Å². The minimum atomic E-state index is -0.847. The molecule has 0 radical (unpaired) electrons. The van der Waals surface area contributed by atoms with Gasteiger partial charge in [0.1, 0.15) is 11.4 Å². The molecule has 0 aliphatic heterocycles. The average molecular weight is 217 g/mol. The van der Waals surface area contributed by atoms with Gasteiger partial charge in [-0.05, 0) is 13.8 Å². The molecular weight excluding hydrogens is 198 g/mol. The SMILES string of the molecule is COC(C)(C)C(=O)N(C)CCC(N)=NO. The monoisotopic (exact) mass is 217 g/mol. The summed E-state index contributed by atoms with van der Waals surface area (Å²) in [4.78, 5) is 13.2. The smallest absolute Gasteiger partial charge is 0.253 e. The van der Waals surface area contributed by atoms with Crippen molar-refractivity contribution in [2.45, 2.75) is 25.9 Å². The molecule has 15 heavy (non-hydrogen) atoms. The first-order valence-electron chi connectivity index (χ1n) is 4.62. The summed E-state index contributed by atoms with van der Waals surface area (Å²) in [6.07, 6.45) is 0.332. The number of nitrogens with zero attached hydrogens (tertiary/aromatic N) is 2. The normalized spacial score (nSPS) is 12.7. The van der Waals surface area contributed by atoms with Gasteiger partial charge in [0.15, 0.2) is 0 Å². The largest absolute Gasteiger partial charge is 0.409 e. The lowest BCUT2D eigenvalue weighted by Crippen LogP contribution is -2.45. The number of carbonyl (C=O) groups is 1. The highest BCUT2D eigenvalue weighted by atomic mass is 16.5. The van der Waals surface area contributed by atoms with Crippen LogP contribution in [0.25, 0.3) is 0 Å². The maximum atomic E-state index is 11.8. The molecule has 3 N–H and O–H groups in total. The summed E-state index contributed by atoms with van der Waals surface area (Å²) in [6, 6.07) is 0. The first-order valence-corrected chi connectivity index (χ1v) is 4.62. The van der Waals surface area contributed by atoms with Gasteiger partial charge in [-0.1, -0.05) is 5.16 Å². The van der Waals surface area contributed by atoms with Crippen molar-refractivity contribution in [3.05, 3.63) is 0 Å². The van der Waals surface area contributed by atoms with E-state index in [1.807, 2.05) is 0 Å². The van der Waals surface area contributed by atoms with E-state index in [-0.39, 0.29) is 11.7 Å². The number of rotatable bonds is 5. The third kappa shape index (κ3) is 4.16. The van der Waals surface area contributed by atoms with Gasteiger partial charge in [-0.15, -0.1) is 0 Å². The predicted molar refractivity (Wildman–Crippen MR) is 56.8 cm³/mol. The fourth-order valence-corrected chi connectivity index (χ4v) is 0.981. The van der Waals surface area contributed by atoms with E-state index in [2.05, 4.69) is 5.16 Å². The van der Waals surface area contributed by atoms with Gasteiger partial charge >= 0.3 is 0 Å². The van der Waals surface area contributed by atoms with E-state index in [0.29, 0.717) is 13.0 Å². The Hall–Kier alpha value is -1.30. The zero-order valence-corrected chi connectivity index (χ0v) is 9.65. The molecule has 0 atom stereocenters. The second-order valence-electron chi connectivity index (χ2n) is 3.78. The molecule has 0 spiro atoms. The van der Waals surface area contributed by atoms with Crippen molar-refractivity contribution in [2.24, 2.45) is 10.9 Å². The van der Waals surface area contributed by atoms with E-state index >= 15 is 0 Å². The lowest BCUT2D eigenvalue weighted by molar-refractivity contribution is -0.149. The van der Waals surface area contributed by atoms with Gasteiger partial charge in [-0.25, -0.2) is 0 Å². The van der Waals surface area contributed by atoms with Crippen LogP contribution in [0.1, 0.15) is 20.3 Å². The Bertz CT molecular complexity index is 251. The van der Waals surface area contributed by atoms with Crippen LogP contribution in [0.5, 0.6) is 0 Å². The molecule has 0 aliphatic carbocycles. The summed E-state index contributed by atoms with van der Waals surface area (Å²) < 4.78 is 5.05. The minimum Gasteiger partial charge on any atom is -0.409 e. The number of ether oxygens (including phenoxy) is 1. The average Bonchev–Trinajstić information content (AvgIpc) is 2.23. The molecule has 0 heterocycles. The lowest BCUT2D eigenvalue weighted by atomic mass is 10.1. The zero-order valence-electron chi connectivity index (χ0n) is 9.65. The number of likely N-dealkylation sites (N-methyl/N-ethyl adjacent to an activating group) is 1. The topological polar surface area (TPSA) is 88.2 Å². The third-order valence-corrected chi connectivity index (χ3v) is 2.20. The number of hydrogen-bond acceptors (Lipinski definition) is 4. The second-order valence-corrected chi connectivity index (χ2v) is 3.78. The Morgan fingerprint density at radius 2 is 2.13 bits per heavy atom. The Kier molecular flexibility index (Phi) is 5.07. The van der Waals surface area contributed by atoms with Crippen molar-refractivity contribution in [1.82, 2.24) is 4.90 Å². The van der Waals surface area contributed by atoms with E-state index in [9.17, 15) is 4.79 Å². The van der Waals surface area contributed by atoms with Crippen molar-refractivity contribution >= 4 is 11.7 Å². The Morgan fingerprint density at radius 1 is 1.60 bits per heavy atom. The highest BCUT2D eigenvalue weighted by Crippen LogP contribution is 2.11. The van der Waals surface area contributed by atoms with Gasteiger partial charge in [0, 0.05) is 27.1 Å². The number of oxime groups is 1. The number of nitrogens with two attached hydrogens (primary N) is 1. The van der Waals surface area contributed by atoms with Crippen molar-refractivity contribution in [3.8, 4) is 0 Å². The standard InChI is InChI=1S/C9H19N3O3/c1-9(2,15-4)8(13)12(3)6-5-7(10)11-14/h14H,5-6H2,1-4H3,(H2,10,11). The quantitative estimate of drug-likeness (QED) is 0.294. The van der Waals surface area contributed by atoms with Gasteiger partial charge in [-0.3, -0.25) is 4.79 Å². The Balaban J connectivity index is 4.23. The lowest BCUT2D eigenvalue weighted by Gasteiger charge is -2.27. The van der Waals surface area contributed by atoms with Gasteiger partial charge in [-0.2, -0.15) is 0 Å². The van der Waals surface area contributed by atoms with Crippen LogP contribution in [0.15, 0.2) is 5.16 Å². The molecule has 0 rings (SSSR count). The van der Waals surface area contributed by atoms with Crippen LogP contribution in [-0.2, 0) is 9.53 Å². The summed E-state index contributed by atoms with van der Waals surface area (Å²) in [5.41, 5.74) is 4.45. The molecule has 0 saturated heterocycles. The van der Waals surface area contributed by atoms with Crippen LogP contribution >= 0.6 is 0 Å². The van der Waals surface area contributed by atoms with Crippen molar-refractivity contribution in [3.63, 3.8) is 0 Å². The summed E-state index contributed by atoms with van der Waals surface area (Å²) >= 11 is 0. The van der Waals surface area contributed by atoms with Crippen LogP contribution in [-0.4, -0.2) is 48.2 Å². The number of amidine groups is 1. The molecular formula is C9H19N3O3. The van der Waals surface area contributed by atoms with Crippen molar-refractivity contribution in [1.29, 1.82) is 0 Å². The number of methoxy groups -OCH3 is 1. The summed E-state index contributed by atoms with van der Waals surface area (Å²) in [5, 5.41) is 11.2. The van der Waals surface area contributed by atoms with Crippen molar-refractivity contribution in [2.75, 3.05) is 20.7 Å². The first-order chi connectivity index (χ1) is 6.85. The van der Waals surface area contributed by atoms with Gasteiger partial charge < -0.3 is 20.6 Å². The maximum Gasteiger partial charge on any atom is 0.253 e. The molecule has 88 valence electrons. The molecule has 0 aromatic rings. The molecule has 0 saturated carbocycles. The zero-order chi connectivity index (χ0) is 12.1. The fourth-order valence-electron chi connectivity index (χ4n) is 0.981. The molecule has 6 heteroatoms. The number of amides is 1. The van der Waals surface area contributed by atoms with Gasteiger partial charge in [0.25, 0.3) is 5.91 Å². The van der Waals surface area contributed by atoms with Gasteiger partial charge in [0.05, 0.1) is 0 Å². The van der Waals surface area contributed by atoms with Crippen LogP contribution in [0, 0.1) is 0 Å². The highest BCUT2D eigenvalue weighted by Gasteiger charge is 2.29. The van der Waals surface area contributed by atoms with E-state index in [4.69, 9.17) is 15.7 Å². The third-order valence-electron chi connectivity index (χ3n) is 2.20. The van der Waals surface area contributed by atoms with Crippen molar-refractivity contribution < 1.29 is 14.7 Å². The molecule has 0 unspecified atom stereocenters. The second kappa shape index (κ2) is 5.55. The molecule has 6 nitrogen and oxygen atoms in total. The molecule has 0 fully saturated rings.